The maximum Gasteiger partial charge on any atom is 0.309 e. The molecule has 1 amide bonds. The summed E-state index contributed by atoms with van der Waals surface area (Å²) in [5.74, 6) is -1.07. The predicted octanol–water partition coefficient (Wildman–Crippen LogP) is 4.58. The van der Waals surface area contributed by atoms with Crippen molar-refractivity contribution in [2.24, 2.45) is 35.5 Å². The van der Waals surface area contributed by atoms with Crippen LogP contribution < -0.4 is 5.32 Å². The summed E-state index contributed by atoms with van der Waals surface area (Å²) in [4.78, 5) is 26.3. The molecule has 1 aromatic carbocycles. The molecule has 5 heteroatoms. The predicted molar refractivity (Wildman–Crippen MR) is 123 cm³/mol. The summed E-state index contributed by atoms with van der Waals surface area (Å²) in [5, 5.41) is 14.2. The first kappa shape index (κ1) is 25.4. The van der Waals surface area contributed by atoms with E-state index in [1.807, 2.05) is 51.1 Å². The van der Waals surface area contributed by atoms with Crippen molar-refractivity contribution in [2.45, 2.75) is 79.6 Å². The molecule has 0 aliphatic heterocycles. The molecular formula is C26H41NO4. The molecule has 5 unspecified atom stereocenters. The van der Waals surface area contributed by atoms with Crippen molar-refractivity contribution in [3.8, 4) is 0 Å². The highest BCUT2D eigenvalue weighted by molar-refractivity contribution is 5.82. The van der Waals surface area contributed by atoms with Gasteiger partial charge in [0.05, 0.1) is 12.0 Å². The van der Waals surface area contributed by atoms with E-state index in [1.165, 1.54) is 0 Å². The van der Waals surface area contributed by atoms with E-state index in [4.69, 9.17) is 4.74 Å². The minimum atomic E-state index is -0.632. The molecule has 0 heterocycles. The summed E-state index contributed by atoms with van der Waals surface area (Å²) in [6, 6.07) is 9.78. The van der Waals surface area contributed by atoms with Crippen LogP contribution in [0.2, 0.25) is 0 Å². The van der Waals surface area contributed by atoms with Gasteiger partial charge < -0.3 is 15.2 Å². The van der Waals surface area contributed by atoms with Crippen LogP contribution in [0.3, 0.4) is 0 Å². The Morgan fingerprint density at radius 3 is 2.19 bits per heavy atom. The van der Waals surface area contributed by atoms with Crippen molar-refractivity contribution in [3.05, 3.63) is 35.9 Å². The molecule has 0 spiro atoms. The van der Waals surface area contributed by atoms with Crippen LogP contribution in [0.4, 0.5) is 0 Å². The third-order valence-corrected chi connectivity index (χ3v) is 6.16. The lowest BCUT2D eigenvalue weighted by molar-refractivity contribution is -0.162. The lowest BCUT2D eigenvalue weighted by Crippen LogP contribution is -2.41. The Bertz CT molecular complexity index is 723. The zero-order chi connectivity index (χ0) is 23.3. The maximum absolute atomic E-state index is 13.3. The van der Waals surface area contributed by atoms with Gasteiger partial charge in [-0.3, -0.25) is 9.59 Å². The second-order valence-electron chi connectivity index (χ2n) is 10.8. The third kappa shape index (κ3) is 7.06. The van der Waals surface area contributed by atoms with Crippen LogP contribution in [0.15, 0.2) is 30.3 Å². The summed E-state index contributed by atoms with van der Waals surface area (Å²) in [7, 11) is 0. The van der Waals surface area contributed by atoms with Crippen LogP contribution in [0.25, 0.3) is 0 Å². The molecule has 5 nitrogen and oxygen atoms in total. The molecule has 1 fully saturated rings. The first-order valence-electron chi connectivity index (χ1n) is 11.6. The Kier molecular flexibility index (Phi) is 8.70. The van der Waals surface area contributed by atoms with Gasteiger partial charge in [-0.25, -0.2) is 0 Å². The normalized spacial score (nSPS) is 25.0. The number of aliphatic hydroxyl groups is 1. The van der Waals surface area contributed by atoms with Crippen LogP contribution in [0.5, 0.6) is 0 Å². The van der Waals surface area contributed by atoms with E-state index in [1.54, 1.807) is 0 Å². The molecule has 174 valence electrons. The van der Waals surface area contributed by atoms with Gasteiger partial charge in [-0.05, 0) is 56.9 Å². The smallest absolute Gasteiger partial charge is 0.309 e. The first-order chi connectivity index (χ1) is 14.4. The molecular weight excluding hydrogens is 390 g/mol. The number of benzene rings is 1. The second kappa shape index (κ2) is 10.6. The number of hydrogen-bond acceptors (Lipinski definition) is 4. The zero-order valence-corrected chi connectivity index (χ0v) is 20.2. The lowest BCUT2D eigenvalue weighted by Gasteiger charge is -2.34. The highest BCUT2D eigenvalue weighted by atomic mass is 16.6. The highest BCUT2D eigenvalue weighted by Crippen LogP contribution is 2.49. The van der Waals surface area contributed by atoms with Gasteiger partial charge in [0.15, 0.2) is 0 Å². The molecule has 1 aliphatic carbocycles. The first-order valence-corrected chi connectivity index (χ1v) is 11.6. The topological polar surface area (TPSA) is 75.6 Å². The van der Waals surface area contributed by atoms with Crippen molar-refractivity contribution < 1.29 is 19.4 Å². The van der Waals surface area contributed by atoms with Gasteiger partial charge >= 0.3 is 5.97 Å². The standard InChI is InChI=1S/C26H41NO4/c1-16(2)13-21(28)23-19(24(29)27-15-18-11-9-8-10-12-18)14-20(22(23)17(3)4)25(30)31-26(5,6)7/h8-12,16-17,19-23,28H,13-15H2,1-7H3,(H,27,29). The molecule has 31 heavy (non-hydrogen) atoms. The number of carbonyl (C=O) groups is 2. The summed E-state index contributed by atoms with van der Waals surface area (Å²) in [5.41, 5.74) is 0.440. The summed E-state index contributed by atoms with van der Waals surface area (Å²) in [6.07, 6.45) is 0.391. The minimum Gasteiger partial charge on any atom is -0.460 e. The van der Waals surface area contributed by atoms with Crippen molar-refractivity contribution in [1.29, 1.82) is 0 Å². The fraction of sp³-hybridized carbons (Fsp3) is 0.692. The Labute approximate surface area is 188 Å². The second-order valence-corrected chi connectivity index (χ2v) is 10.8. The van der Waals surface area contributed by atoms with Gasteiger partial charge in [0.25, 0.3) is 0 Å². The van der Waals surface area contributed by atoms with Crippen LogP contribution >= 0.6 is 0 Å². The molecule has 5 atom stereocenters. The molecule has 1 saturated carbocycles. The SMILES string of the molecule is CC(C)CC(O)C1C(C(=O)NCc2ccccc2)CC(C(=O)OC(C)(C)C)C1C(C)C. The number of nitrogens with one attached hydrogen (secondary N) is 1. The molecule has 1 aromatic rings. The summed E-state index contributed by atoms with van der Waals surface area (Å²) >= 11 is 0. The lowest BCUT2D eigenvalue weighted by atomic mass is 9.74. The van der Waals surface area contributed by atoms with E-state index in [2.05, 4.69) is 33.0 Å². The van der Waals surface area contributed by atoms with Crippen LogP contribution in [0, 0.1) is 35.5 Å². The Hall–Kier alpha value is -1.88. The number of aliphatic hydroxyl groups excluding tert-OH is 1. The van der Waals surface area contributed by atoms with Crippen molar-refractivity contribution in [1.82, 2.24) is 5.32 Å². The zero-order valence-electron chi connectivity index (χ0n) is 20.2. The number of rotatable bonds is 8. The van der Waals surface area contributed by atoms with Gasteiger partial charge in [-0.2, -0.15) is 0 Å². The number of ether oxygens (including phenoxy) is 1. The van der Waals surface area contributed by atoms with Crippen LogP contribution in [-0.4, -0.2) is 28.7 Å². The molecule has 0 radical (unpaired) electrons. The fourth-order valence-electron chi connectivity index (χ4n) is 5.03. The summed E-state index contributed by atoms with van der Waals surface area (Å²) in [6.45, 7) is 14.3. The largest absolute Gasteiger partial charge is 0.460 e. The van der Waals surface area contributed by atoms with Crippen molar-refractivity contribution in [3.63, 3.8) is 0 Å². The average molecular weight is 432 g/mol. The molecule has 0 bridgehead atoms. The van der Waals surface area contributed by atoms with Crippen molar-refractivity contribution in [2.75, 3.05) is 0 Å². The highest BCUT2D eigenvalue weighted by Gasteiger charge is 2.53. The van der Waals surface area contributed by atoms with Crippen LogP contribution in [-0.2, 0) is 20.9 Å². The van der Waals surface area contributed by atoms with E-state index in [0.717, 1.165) is 5.56 Å². The number of hydrogen-bond donors (Lipinski definition) is 2. The Morgan fingerprint density at radius 2 is 1.68 bits per heavy atom. The van der Waals surface area contributed by atoms with E-state index < -0.39 is 23.5 Å². The number of amides is 1. The average Bonchev–Trinajstić information content (AvgIpc) is 3.06. The van der Waals surface area contributed by atoms with E-state index in [9.17, 15) is 14.7 Å². The third-order valence-electron chi connectivity index (χ3n) is 6.16. The quantitative estimate of drug-likeness (QED) is 0.591. The fourth-order valence-corrected chi connectivity index (χ4v) is 5.03. The Balaban J connectivity index is 2.28. The van der Waals surface area contributed by atoms with Gasteiger partial charge in [0, 0.05) is 18.4 Å². The minimum absolute atomic E-state index is 0.0895. The van der Waals surface area contributed by atoms with Crippen molar-refractivity contribution >= 4 is 11.9 Å². The molecule has 0 aromatic heterocycles. The monoisotopic (exact) mass is 431 g/mol. The maximum atomic E-state index is 13.3. The van der Waals surface area contributed by atoms with E-state index in [-0.39, 0.29) is 29.6 Å². The van der Waals surface area contributed by atoms with E-state index >= 15 is 0 Å². The molecule has 0 saturated heterocycles. The van der Waals surface area contributed by atoms with Gasteiger partial charge in [-0.1, -0.05) is 58.0 Å². The summed E-state index contributed by atoms with van der Waals surface area (Å²) < 4.78 is 5.72. The van der Waals surface area contributed by atoms with Gasteiger partial charge in [-0.15, -0.1) is 0 Å². The van der Waals surface area contributed by atoms with Gasteiger partial charge in [0.1, 0.15) is 5.60 Å². The number of carbonyl (C=O) groups excluding carboxylic acids is 2. The van der Waals surface area contributed by atoms with E-state index in [0.29, 0.717) is 25.3 Å². The molecule has 2 N–H and O–H groups in total. The molecule has 1 aliphatic rings. The van der Waals surface area contributed by atoms with Gasteiger partial charge in [0.2, 0.25) is 5.91 Å². The Morgan fingerprint density at radius 1 is 1.06 bits per heavy atom. The molecule has 2 rings (SSSR count). The number of esters is 1. The van der Waals surface area contributed by atoms with Crippen LogP contribution in [0.1, 0.15) is 66.9 Å².